The minimum absolute atomic E-state index is 0.0822. The highest BCUT2D eigenvalue weighted by atomic mass is 16.2. The van der Waals surface area contributed by atoms with Crippen LogP contribution in [0.5, 0.6) is 0 Å². The minimum Gasteiger partial charge on any atom is -0.354 e. The van der Waals surface area contributed by atoms with E-state index in [0.29, 0.717) is 6.54 Å². The summed E-state index contributed by atoms with van der Waals surface area (Å²) in [5.41, 5.74) is 2.53. The van der Waals surface area contributed by atoms with Crippen LogP contribution in [0.15, 0.2) is 6.20 Å². The van der Waals surface area contributed by atoms with Crippen molar-refractivity contribution in [3.05, 3.63) is 17.5 Å². The number of carbonyl (C=O) groups excluding carboxylic acids is 1. The molecule has 1 amide bonds. The summed E-state index contributed by atoms with van der Waals surface area (Å²) >= 11 is 0. The Balaban J connectivity index is 1.35. The summed E-state index contributed by atoms with van der Waals surface area (Å²) in [6.07, 6.45) is 11.9. The zero-order valence-electron chi connectivity index (χ0n) is 15.1. The van der Waals surface area contributed by atoms with Crippen molar-refractivity contribution in [3.63, 3.8) is 0 Å². The molecule has 0 bridgehead atoms. The van der Waals surface area contributed by atoms with E-state index in [9.17, 15) is 4.79 Å². The normalized spacial score (nSPS) is 22.0. The van der Waals surface area contributed by atoms with Gasteiger partial charge >= 0.3 is 0 Å². The van der Waals surface area contributed by atoms with Crippen LogP contribution in [0.25, 0.3) is 0 Å². The molecule has 1 aliphatic heterocycles. The van der Waals surface area contributed by atoms with Crippen molar-refractivity contribution in [1.29, 1.82) is 0 Å². The summed E-state index contributed by atoms with van der Waals surface area (Å²) in [5, 5.41) is 7.63. The van der Waals surface area contributed by atoms with Crippen LogP contribution >= 0.6 is 0 Å². The van der Waals surface area contributed by atoms with E-state index in [-0.39, 0.29) is 5.91 Å². The molecular formula is C19H32N4O. The Hall–Kier alpha value is -1.36. The van der Waals surface area contributed by atoms with Gasteiger partial charge in [-0.25, -0.2) is 0 Å². The van der Waals surface area contributed by atoms with Crippen molar-refractivity contribution < 1.29 is 4.79 Å². The van der Waals surface area contributed by atoms with Gasteiger partial charge in [-0.1, -0.05) is 19.8 Å². The van der Waals surface area contributed by atoms with Gasteiger partial charge in [-0.3, -0.25) is 9.48 Å². The van der Waals surface area contributed by atoms with E-state index in [1.165, 1.54) is 56.5 Å². The van der Waals surface area contributed by atoms with Crippen LogP contribution in [-0.2, 0) is 24.2 Å². The molecule has 1 N–H and O–H groups in total. The fraction of sp³-hybridized carbons (Fsp3) is 0.789. The Morgan fingerprint density at radius 2 is 2.08 bits per heavy atom. The van der Waals surface area contributed by atoms with Crippen LogP contribution < -0.4 is 5.32 Å². The standard InChI is InChI=1S/C19H32N4O/c1-16-7-8-18-17(13-16)14-23(21-18)15-19(24)20-9-6-12-22-10-4-2-3-5-11-22/h14,16H,2-13,15H2,1H3,(H,20,24). The molecule has 0 radical (unpaired) electrons. The molecular weight excluding hydrogens is 300 g/mol. The predicted molar refractivity (Wildman–Crippen MR) is 96.0 cm³/mol. The summed E-state index contributed by atoms with van der Waals surface area (Å²) < 4.78 is 1.83. The van der Waals surface area contributed by atoms with Gasteiger partial charge in [0.05, 0.1) is 5.69 Å². The first kappa shape index (κ1) is 17.5. The van der Waals surface area contributed by atoms with Gasteiger partial charge in [-0.2, -0.15) is 5.10 Å². The van der Waals surface area contributed by atoms with Crippen LogP contribution in [0.1, 0.15) is 56.7 Å². The monoisotopic (exact) mass is 332 g/mol. The van der Waals surface area contributed by atoms with Gasteiger partial charge in [-0.15, -0.1) is 0 Å². The Morgan fingerprint density at radius 3 is 2.88 bits per heavy atom. The van der Waals surface area contributed by atoms with Gasteiger partial charge in [0, 0.05) is 12.7 Å². The molecule has 1 aliphatic carbocycles. The van der Waals surface area contributed by atoms with E-state index in [0.717, 1.165) is 38.3 Å². The SMILES string of the molecule is CC1CCc2nn(CC(=O)NCCCN3CCCCCC3)cc2C1. The summed E-state index contributed by atoms with van der Waals surface area (Å²) in [4.78, 5) is 14.7. The quantitative estimate of drug-likeness (QED) is 0.814. The maximum Gasteiger partial charge on any atom is 0.241 e. The number of carbonyl (C=O) groups is 1. The first-order valence-electron chi connectivity index (χ1n) is 9.75. The molecule has 24 heavy (non-hydrogen) atoms. The Kier molecular flexibility index (Phi) is 6.30. The number of aromatic nitrogens is 2. The van der Waals surface area contributed by atoms with Crippen molar-refractivity contribution in [2.45, 2.75) is 64.8 Å². The summed E-state index contributed by atoms with van der Waals surface area (Å²) in [6, 6.07) is 0. The highest BCUT2D eigenvalue weighted by Gasteiger charge is 2.19. The van der Waals surface area contributed by atoms with Crippen molar-refractivity contribution >= 4 is 5.91 Å². The number of likely N-dealkylation sites (tertiary alicyclic amines) is 1. The second kappa shape index (κ2) is 8.65. The number of aryl methyl sites for hydroxylation is 1. The van der Waals surface area contributed by atoms with Crippen molar-refractivity contribution in [2.24, 2.45) is 5.92 Å². The topological polar surface area (TPSA) is 50.2 Å². The zero-order valence-corrected chi connectivity index (χ0v) is 15.1. The lowest BCUT2D eigenvalue weighted by atomic mass is 9.89. The van der Waals surface area contributed by atoms with Gasteiger partial charge < -0.3 is 10.2 Å². The average molecular weight is 332 g/mol. The molecule has 134 valence electrons. The lowest BCUT2D eigenvalue weighted by Crippen LogP contribution is -2.32. The number of nitrogens with one attached hydrogen (secondary N) is 1. The smallest absolute Gasteiger partial charge is 0.241 e. The van der Waals surface area contributed by atoms with Gasteiger partial charge in [0.1, 0.15) is 6.54 Å². The zero-order chi connectivity index (χ0) is 16.8. The van der Waals surface area contributed by atoms with E-state index < -0.39 is 0 Å². The van der Waals surface area contributed by atoms with Crippen LogP contribution in [-0.4, -0.2) is 46.8 Å². The second-order valence-corrected chi connectivity index (χ2v) is 7.61. The number of nitrogens with zero attached hydrogens (tertiary/aromatic N) is 3. The van der Waals surface area contributed by atoms with Crippen molar-refractivity contribution in [3.8, 4) is 0 Å². The largest absolute Gasteiger partial charge is 0.354 e. The molecule has 1 atom stereocenters. The number of rotatable bonds is 6. The van der Waals surface area contributed by atoms with Crippen molar-refractivity contribution in [2.75, 3.05) is 26.2 Å². The Bertz CT molecular complexity index is 531. The number of hydrogen-bond donors (Lipinski definition) is 1. The molecule has 0 saturated carbocycles. The molecule has 1 saturated heterocycles. The number of hydrogen-bond acceptors (Lipinski definition) is 3. The van der Waals surface area contributed by atoms with Gasteiger partial charge in [0.2, 0.25) is 5.91 Å². The predicted octanol–water partition coefficient (Wildman–Crippen LogP) is 2.39. The molecule has 1 aromatic heterocycles. The lowest BCUT2D eigenvalue weighted by Gasteiger charge is -2.19. The summed E-state index contributed by atoms with van der Waals surface area (Å²) in [6.45, 7) is 6.97. The molecule has 3 rings (SSSR count). The van der Waals surface area contributed by atoms with E-state index in [1.807, 2.05) is 4.68 Å². The molecule has 0 aromatic carbocycles. The van der Waals surface area contributed by atoms with Gasteiger partial charge in [0.15, 0.2) is 0 Å². The van der Waals surface area contributed by atoms with E-state index in [1.54, 1.807) is 0 Å². The molecule has 5 nitrogen and oxygen atoms in total. The summed E-state index contributed by atoms with van der Waals surface area (Å²) in [5.74, 6) is 0.821. The minimum atomic E-state index is 0.0822. The van der Waals surface area contributed by atoms with Crippen LogP contribution in [0.4, 0.5) is 0 Å². The molecule has 2 heterocycles. The van der Waals surface area contributed by atoms with Crippen LogP contribution in [0, 0.1) is 5.92 Å². The number of amides is 1. The maximum atomic E-state index is 12.1. The fourth-order valence-electron chi connectivity index (χ4n) is 3.92. The fourth-order valence-corrected chi connectivity index (χ4v) is 3.92. The third-order valence-corrected chi connectivity index (χ3v) is 5.34. The Labute approximate surface area is 145 Å². The Morgan fingerprint density at radius 1 is 1.29 bits per heavy atom. The lowest BCUT2D eigenvalue weighted by molar-refractivity contribution is -0.121. The highest BCUT2D eigenvalue weighted by Crippen LogP contribution is 2.23. The summed E-state index contributed by atoms with van der Waals surface area (Å²) in [7, 11) is 0. The molecule has 1 fully saturated rings. The first-order valence-corrected chi connectivity index (χ1v) is 9.75. The molecule has 0 spiro atoms. The third kappa shape index (κ3) is 5.07. The highest BCUT2D eigenvalue weighted by molar-refractivity contribution is 5.75. The first-order chi connectivity index (χ1) is 11.7. The maximum absolute atomic E-state index is 12.1. The van der Waals surface area contributed by atoms with Crippen LogP contribution in [0.2, 0.25) is 0 Å². The van der Waals surface area contributed by atoms with E-state index in [4.69, 9.17) is 0 Å². The van der Waals surface area contributed by atoms with Crippen LogP contribution in [0.3, 0.4) is 0 Å². The molecule has 2 aliphatic rings. The second-order valence-electron chi connectivity index (χ2n) is 7.61. The van der Waals surface area contributed by atoms with E-state index in [2.05, 4.69) is 28.4 Å². The third-order valence-electron chi connectivity index (χ3n) is 5.34. The number of fused-ring (bicyclic) bond motifs is 1. The van der Waals surface area contributed by atoms with Gasteiger partial charge in [-0.05, 0) is 69.6 Å². The molecule has 1 unspecified atom stereocenters. The molecule has 5 heteroatoms. The molecule has 1 aromatic rings. The average Bonchev–Trinajstić information content (AvgIpc) is 2.77. The van der Waals surface area contributed by atoms with E-state index >= 15 is 0 Å². The van der Waals surface area contributed by atoms with Gasteiger partial charge in [0.25, 0.3) is 0 Å². The van der Waals surface area contributed by atoms with Crippen molar-refractivity contribution in [1.82, 2.24) is 20.0 Å².